The molecule has 1 heterocycles. The number of hydrogen-bond acceptors (Lipinski definition) is 2. The molecule has 0 saturated heterocycles. The molecule has 0 saturated carbocycles. The Kier molecular flexibility index (Phi) is 4.33. The first-order chi connectivity index (χ1) is 11.1. The number of hydrogen-bond donors (Lipinski definition) is 1. The fraction of sp³-hybridized carbons (Fsp3) is 0. The molecule has 0 atom stereocenters. The number of carbonyl (C=O) groups excluding carboxylic acids is 1. The van der Waals surface area contributed by atoms with Gasteiger partial charge in [0.15, 0.2) is 0 Å². The second-order valence-electron chi connectivity index (χ2n) is 4.87. The molecule has 3 aromatic rings. The molecule has 1 aromatic heterocycles. The van der Waals surface area contributed by atoms with E-state index in [1.54, 1.807) is 24.3 Å². The largest absolute Gasteiger partial charge is 0.306 e. The highest BCUT2D eigenvalue weighted by molar-refractivity contribution is 6.40. The van der Waals surface area contributed by atoms with Gasteiger partial charge in [-0.2, -0.15) is 0 Å². The van der Waals surface area contributed by atoms with Gasteiger partial charge in [-0.15, -0.1) is 0 Å². The van der Waals surface area contributed by atoms with Crippen LogP contribution in [0.5, 0.6) is 0 Å². The van der Waals surface area contributed by atoms with E-state index in [0.29, 0.717) is 5.82 Å². The van der Waals surface area contributed by atoms with Crippen LogP contribution in [0, 0.1) is 0 Å². The summed E-state index contributed by atoms with van der Waals surface area (Å²) >= 11 is 12.1. The lowest BCUT2D eigenvalue weighted by Crippen LogP contribution is -2.15. The summed E-state index contributed by atoms with van der Waals surface area (Å²) in [5.74, 6) is 0.00571. The third kappa shape index (κ3) is 3.07. The normalized spacial score (nSPS) is 10.5. The molecule has 2 aromatic carbocycles. The van der Waals surface area contributed by atoms with Crippen molar-refractivity contribution in [3.63, 3.8) is 0 Å². The SMILES string of the molecule is C=Cc1cc2ccccc2nc1NC(=O)c1c(Cl)cccc1Cl. The first kappa shape index (κ1) is 15.5. The summed E-state index contributed by atoms with van der Waals surface area (Å²) in [6.45, 7) is 3.77. The average Bonchev–Trinajstić information content (AvgIpc) is 2.54. The van der Waals surface area contributed by atoms with E-state index < -0.39 is 5.91 Å². The molecule has 3 nitrogen and oxygen atoms in total. The van der Waals surface area contributed by atoms with E-state index in [4.69, 9.17) is 23.2 Å². The number of benzene rings is 2. The fourth-order valence-electron chi connectivity index (χ4n) is 2.27. The number of nitrogens with zero attached hydrogens (tertiary/aromatic N) is 1. The Balaban J connectivity index is 2.04. The summed E-state index contributed by atoms with van der Waals surface area (Å²) < 4.78 is 0. The molecule has 114 valence electrons. The molecule has 23 heavy (non-hydrogen) atoms. The van der Waals surface area contributed by atoms with Crippen LogP contribution in [0.1, 0.15) is 15.9 Å². The van der Waals surface area contributed by atoms with Crippen LogP contribution in [-0.4, -0.2) is 10.9 Å². The van der Waals surface area contributed by atoms with Crippen LogP contribution in [0.25, 0.3) is 17.0 Å². The van der Waals surface area contributed by atoms with E-state index in [1.807, 2.05) is 30.3 Å². The van der Waals surface area contributed by atoms with Gasteiger partial charge in [-0.1, -0.05) is 60.1 Å². The van der Waals surface area contributed by atoms with Gasteiger partial charge in [0.1, 0.15) is 5.82 Å². The molecular formula is C18H12Cl2N2O. The number of aromatic nitrogens is 1. The maximum Gasteiger partial charge on any atom is 0.259 e. The molecule has 1 N–H and O–H groups in total. The predicted molar refractivity (Wildman–Crippen MR) is 96.2 cm³/mol. The molecule has 3 rings (SSSR count). The van der Waals surface area contributed by atoms with Gasteiger partial charge >= 0.3 is 0 Å². The number of rotatable bonds is 3. The van der Waals surface area contributed by atoms with Crippen LogP contribution >= 0.6 is 23.2 Å². The molecule has 0 unspecified atom stereocenters. The Labute approximate surface area is 143 Å². The zero-order chi connectivity index (χ0) is 16.4. The lowest BCUT2D eigenvalue weighted by Gasteiger charge is -2.11. The van der Waals surface area contributed by atoms with E-state index in [2.05, 4.69) is 16.9 Å². The maximum absolute atomic E-state index is 12.5. The van der Waals surface area contributed by atoms with E-state index in [1.165, 1.54) is 0 Å². The van der Waals surface area contributed by atoms with Crippen LogP contribution < -0.4 is 5.32 Å². The van der Waals surface area contributed by atoms with Crippen molar-refractivity contribution in [2.75, 3.05) is 5.32 Å². The highest BCUT2D eigenvalue weighted by Crippen LogP contribution is 2.27. The monoisotopic (exact) mass is 342 g/mol. The van der Waals surface area contributed by atoms with E-state index in [9.17, 15) is 4.79 Å². The lowest BCUT2D eigenvalue weighted by molar-refractivity contribution is 0.102. The van der Waals surface area contributed by atoms with Gasteiger partial charge in [0, 0.05) is 10.9 Å². The van der Waals surface area contributed by atoms with E-state index in [0.717, 1.165) is 16.5 Å². The summed E-state index contributed by atoms with van der Waals surface area (Å²) in [6.07, 6.45) is 1.64. The van der Waals surface area contributed by atoms with Gasteiger partial charge in [-0.3, -0.25) is 4.79 Å². The second kappa shape index (κ2) is 6.41. The number of para-hydroxylation sites is 1. The van der Waals surface area contributed by atoms with Gasteiger partial charge in [0.25, 0.3) is 5.91 Å². The van der Waals surface area contributed by atoms with Gasteiger partial charge in [-0.25, -0.2) is 4.98 Å². The van der Waals surface area contributed by atoms with Crippen molar-refractivity contribution in [1.82, 2.24) is 4.98 Å². The molecule has 1 amide bonds. The Bertz CT molecular complexity index is 902. The number of amides is 1. The van der Waals surface area contributed by atoms with Crippen molar-refractivity contribution in [2.24, 2.45) is 0 Å². The smallest absolute Gasteiger partial charge is 0.259 e. The van der Waals surface area contributed by atoms with Crippen molar-refractivity contribution in [2.45, 2.75) is 0 Å². The van der Waals surface area contributed by atoms with Gasteiger partial charge in [0.05, 0.1) is 21.1 Å². The van der Waals surface area contributed by atoms with Crippen LogP contribution in [0.3, 0.4) is 0 Å². The Hall–Kier alpha value is -2.36. The van der Waals surface area contributed by atoms with Gasteiger partial charge in [0.2, 0.25) is 0 Å². The molecule has 5 heteroatoms. The van der Waals surface area contributed by atoms with Crippen LogP contribution in [0.2, 0.25) is 10.0 Å². The quantitative estimate of drug-likeness (QED) is 0.688. The first-order valence-electron chi connectivity index (χ1n) is 6.87. The number of pyridine rings is 1. The third-order valence-electron chi connectivity index (χ3n) is 3.40. The average molecular weight is 343 g/mol. The minimum atomic E-state index is -0.411. The molecule has 0 radical (unpaired) electrons. The highest BCUT2D eigenvalue weighted by Gasteiger charge is 2.16. The molecule has 0 aliphatic carbocycles. The highest BCUT2D eigenvalue weighted by atomic mass is 35.5. The van der Waals surface area contributed by atoms with Crippen molar-refractivity contribution in [3.05, 3.63) is 76.3 Å². The summed E-state index contributed by atoms with van der Waals surface area (Å²) in [6, 6.07) is 14.5. The van der Waals surface area contributed by atoms with Crippen molar-refractivity contribution < 1.29 is 4.79 Å². The zero-order valence-corrected chi connectivity index (χ0v) is 13.5. The second-order valence-corrected chi connectivity index (χ2v) is 5.69. The molecule has 0 bridgehead atoms. The minimum absolute atomic E-state index is 0.223. The summed E-state index contributed by atoms with van der Waals surface area (Å²) in [4.78, 5) is 17.0. The summed E-state index contributed by atoms with van der Waals surface area (Å²) in [5, 5.41) is 4.31. The number of carbonyl (C=O) groups is 1. The van der Waals surface area contributed by atoms with E-state index >= 15 is 0 Å². The fourth-order valence-corrected chi connectivity index (χ4v) is 2.84. The topological polar surface area (TPSA) is 42.0 Å². The molecule has 0 fully saturated rings. The van der Waals surface area contributed by atoms with Crippen molar-refractivity contribution >= 4 is 51.9 Å². The van der Waals surface area contributed by atoms with Gasteiger partial charge in [-0.05, 0) is 24.3 Å². The minimum Gasteiger partial charge on any atom is -0.306 e. The summed E-state index contributed by atoms with van der Waals surface area (Å²) in [7, 11) is 0. The van der Waals surface area contributed by atoms with E-state index in [-0.39, 0.29) is 15.6 Å². The number of fused-ring (bicyclic) bond motifs is 1. The Morgan fingerprint density at radius 3 is 2.48 bits per heavy atom. The molecule has 0 aliphatic heterocycles. The van der Waals surface area contributed by atoms with Crippen LogP contribution in [0.15, 0.2) is 55.1 Å². The lowest BCUT2D eigenvalue weighted by atomic mass is 10.1. The Morgan fingerprint density at radius 1 is 1.09 bits per heavy atom. The van der Waals surface area contributed by atoms with Crippen LogP contribution in [0.4, 0.5) is 5.82 Å². The maximum atomic E-state index is 12.5. The summed E-state index contributed by atoms with van der Waals surface area (Å²) in [5.41, 5.74) is 1.72. The predicted octanol–water partition coefficient (Wildman–Crippen LogP) is 5.44. The standard InChI is InChI=1S/C18H12Cl2N2O/c1-2-11-10-12-6-3-4-9-15(12)21-17(11)22-18(23)16-13(19)7-5-8-14(16)20/h2-10H,1H2,(H,21,22,23). The number of nitrogens with one attached hydrogen (secondary N) is 1. The third-order valence-corrected chi connectivity index (χ3v) is 4.03. The Morgan fingerprint density at radius 2 is 1.78 bits per heavy atom. The number of halogens is 2. The van der Waals surface area contributed by atoms with Crippen molar-refractivity contribution in [3.8, 4) is 0 Å². The zero-order valence-electron chi connectivity index (χ0n) is 12.0. The van der Waals surface area contributed by atoms with Gasteiger partial charge < -0.3 is 5.32 Å². The number of anilines is 1. The van der Waals surface area contributed by atoms with Crippen LogP contribution in [-0.2, 0) is 0 Å². The van der Waals surface area contributed by atoms with Crippen molar-refractivity contribution in [1.29, 1.82) is 0 Å². The molecule has 0 spiro atoms. The first-order valence-corrected chi connectivity index (χ1v) is 7.63. The molecule has 0 aliphatic rings. The molecular weight excluding hydrogens is 331 g/mol.